The number of nitrogens with zero attached hydrogens (tertiary/aromatic N) is 1. The summed E-state index contributed by atoms with van der Waals surface area (Å²) in [6.07, 6.45) is 0. The van der Waals surface area contributed by atoms with Crippen molar-refractivity contribution in [3.63, 3.8) is 0 Å². The van der Waals surface area contributed by atoms with Gasteiger partial charge < -0.3 is 4.98 Å². The maximum atomic E-state index is 4.73. The first-order valence-corrected chi connectivity index (χ1v) is 7.83. The number of fused-ring (bicyclic) bond motifs is 1. The van der Waals surface area contributed by atoms with E-state index < -0.39 is 0 Å². The highest BCUT2D eigenvalue weighted by Gasteiger charge is 2.07. The Hall–Kier alpha value is -2.87. The highest BCUT2D eigenvalue weighted by Crippen LogP contribution is 2.26. The molecule has 1 N–H and O–H groups in total. The summed E-state index contributed by atoms with van der Waals surface area (Å²) in [7, 11) is 0. The Morgan fingerprint density at radius 1 is 0.696 bits per heavy atom. The van der Waals surface area contributed by atoms with Gasteiger partial charge in [-0.15, -0.1) is 0 Å². The van der Waals surface area contributed by atoms with Gasteiger partial charge in [-0.25, -0.2) is 4.98 Å². The van der Waals surface area contributed by atoms with Crippen LogP contribution < -0.4 is 0 Å². The molecule has 0 radical (unpaired) electrons. The Balaban J connectivity index is 1.73. The number of aromatic nitrogens is 2. The zero-order valence-electron chi connectivity index (χ0n) is 13.3. The van der Waals surface area contributed by atoms with Gasteiger partial charge in [0.05, 0.1) is 11.0 Å². The van der Waals surface area contributed by atoms with Crippen LogP contribution in [0.2, 0.25) is 0 Å². The largest absolute Gasteiger partial charge is 0.338 e. The molecule has 0 spiro atoms. The van der Waals surface area contributed by atoms with Gasteiger partial charge in [0.25, 0.3) is 0 Å². The molecular formula is C21H18N2. The van der Waals surface area contributed by atoms with Gasteiger partial charge in [-0.1, -0.05) is 54.6 Å². The summed E-state index contributed by atoms with van der Waals surface area (Å²) >= 11 is 0. The summed E-state index contributed by atoms with van der Waals surface area (Å²) in [5, 5.41) is 0. The monoisotopic (exact) mass is 298 g/mol. The molecule has 23 heavy (non-hydrogen) atoms. The molecule has 2 nitrogen and oxygen atoms in total. The van der Waals surface area contributed by atoms with E-state index in [-0.39, 0.29) is 0 Å². The summed E-state index contributed by atoms with van der Waals surface area (Å²) in [5.41, 5.74) is 8.23. The van der Waals surface area contributed by atoms with Crippen molar-refractivity contribution in [2.75, 3.05) is 0 Å². The Labute approximate surface area is 135 Å². The third-order valence-electron chi connectivity index (χ3n) is 4.36. The van der Waals surface area contributed by atoms with E-state index in [1.807, 2.05) is 6.07 Å². The Morgan fingerprint density at radius 3 is 2.04 bits per heavy atom. The fourth-order valence-corrected chi connectivity index (χ4v) is 2.86. The van der Waals surface area contributed by atoms with Gasteiger partial charge in [0.15, 0.2) is 0 Å². The second-order valence-electron chi connectivity index (χ2n) is 5.98. The van der Waals surface area contributed by atoms with Crippen molar-refractivity contribution in [2.45, 2.75) is 13.8 Å². The zero-order valence-corrected chi connectivity index (χ0v) is 13.3. The first kappa shape index (κ1) is 13.8. The molecule has 0 unspecified atom stereocenters. The van der Waals surface area contributed by atoms with Crippen LogP contribution in [0.4, 0.5) is 0 Å². The molecule has 0 atom stereocenters. The van der Waals surface area contributed by atoms with E-state index in [4.69, 9.17) is 4.98 Å². The summed E-state index contributed by atoms with van der Waals surface area (Å²) in [4.78, 5) is 8.16. The normalized spacial score (nSPS) is 11.0. The average molecular weight is 298 g/mol. The minimum Gasteiger partial charge on any atom is -0.338 e. The highest BCUT2D eigenvalue weighted by atomic mass is 14.9. The molecule has 4 rings (SSSR count). The van der Waals surface area contributed by atoms with Crippen LogP contribution in [0.5, 0.6) is 0 Å². The molecule has 3 aromatic carbocycles. The molecule has 0 bridgehead atoms. The van der Waals surface area contributed by atoms with E-state index in [0.29, 0.717) is 0 Å². The molecule has 1 aromatic heterocycles. The van der Waals surface area contributed by atoms with Crippen molar-refractivity contribution in [3.8, 4) is 22.5 Å². The number of H-pyrrole nitrogens is 1. The molecule has 0 fully saturated rings. The van der Waals surface area contributed by atoms with Crippen molar-refractivity contribution < 1.29 is 0 Å². The molecule has 2 heteroatoms. The van der Waals surface area contributed by atoms with Crippen molar-refractivity contribution in [1.29, 1.82) is 0 Å². The highest BCUT2D eigenvalue weighted by molar-refractivity contribution is 5.81. The molecular weight excluding hydrogens is 280 g/mol. The number of rotatable bonds is 2. The van der Waals surface area contributed by atoms with Crippen molar-refractivity contribution in [2.24, 2.45) is 0 Å². The lowest BCUT2D eigenvalue weighted by molar-refractivity contribution is 1.34. The van der Waals surface area contributed by atoms with Crippen LogP contribution >= 0.6 is 0 Å². The summed E-state index contributed by atoms with van der Waals surface area (Å²) in [5.74, 6) is 0.921. The first-order chi connectivity index (χ1) is 11.2. The van der Waals surface area contributed by atoms with Crippen molar-refractivity contribution in [3.05, 3.63) is 77.9 Å². The van der Waals surface area contributed by atoms with Crippen LogP contribution in [0.15, 0.2) is 66.7 Å². The van der Waals surface area contributed by atoms with Gasteiger partial charge in [0.1, 0.15) is 5.82 Å². The molecule has 112 valence electrons. The zero-order chi connectivity index (χ0) is 15.8. The van der Waals surface area contributed by atoms with E-state index in [0.717, 1.165) is 22.4 Å². The maximum absolute atomic E-state index is 4.73. The Bertz CT molecular complexity index is 925. The molecule has 0 amide bonds. The number of hydrogen-bond donors (Lipinski definition) is 1. The van der Waals surface area contributed by atoms with Crippen molar-refractivity contribution in [1.82, 2.24) is 9.97 Å². The smallest absolute Gasteiger partial charge is 0.138 e. The number of hydrogen-bond acceptors (Lipinski definition) is 1. The number of benzene rings is 3. The van der Waals surface area contributed by atoms with E-state index in [2.05, 4.69) is 79.5 Å². The lowest BCUT2D eigenvalue weighted by Crippen LogP contribution is -1.81. The standard InChI is InChI=1S/C21H18N2/c1-14-12-19-20(13-15(14)2)23-21(22-19)18-10-8-17(9-11-18)16-6-4-3-5-7-16/h3-13H,1-2H3,(H,22,23). The van der Waals surface area contributed by atoms with E-state index >= 15 is 0 Å². The van der Waals surface area contributed by atoms with Gasteiger partial charge in [0, 0.05) is 5.56 Å². The SMILES string of the molecule is Cc1cc2nc(-c3ccc(-c4ccccc4)cc3)[nH]c2cc1C. The lowest BCUT2D eigenvalue weighted by Gasteiger charge is -2.02. The number of aryl methyl sites for hydroxylation is 2. The first-order valence-electron chi connectivity index (χ1n) is 7.83. The minimum absolute atomic E-state index is 0.921. The van der Waals surface area contributed by atoms with Crippen LogP contribution in [0.3, 0.4) is 0 Å². The summed E-state index contributed by atoms with van der Waals surface area (Å²) in [6, 6.07) is 23.3. The van der Waals surface area contributed by atoms with Gasteiger partial charge >= 0.3 is 0 Å². The second kappa shape index (κ2) is 5.40. The molecule has 0 aliphatic heterocycles. The predicted octanol–water partition coefficient (Wildman–Crippen LogP) is 5.51. The topological polar surface area (TPSA) is 28.7 Å². The quantitative estimate of drug-likeness (QED) is 0.519. The third kappa shape index (κ3) is 2.53. The molecule has 1 heterocycles. The fourth-order valence-electron chi connectivity index (χ4n) is 2.86. The van der Waals surface area contributed by atoms with Gasteiger partial charge in [-0.05, 0) is 48.2 Å². The fraction of sp³-hybridized carbons (Fsp3) is 0.0952. The van der Waals surface area contributed by atoms with Gasteiger partial charge in [-0.2, -0.15) is 0 Å². The third-order valence-corrected chi connectivity index (χ3v) is 4.36. The second-order valence-corrected chi connectivity index (χ2v) is 5.98. The molecule has 0 saturated heterocycles. The Morgan fingerprint density at radius 2 is 1.30 bits per heavy atom. The van der Waals surface area contributed by atoms with Gasteiger partial charge in [0.2, 0.25) is 0 Å². The number of nitrogens with one attached hydrogen (secondary N) is 1. The van der Waals surface area contributed by atoms with E-state index in [1.54, 1.807) is 0 Å². The molecule has 0 saturated carbocycles. The Kier molecular flexibility index (Phi) is 3.23. The van der Waals surface area contributed by atoms with E-state index in [9.17, 15) is 0 Å². The lowest BCUT2D eigenvalue weighted by atomic mass is 10.0. The maximum Gasteiger partial charge on any atom is 0.138 e. The van der Waals surface area contributed by atoms with Crippen LogP contribution in [-0.4, -0.2) is 9.97 Å². The van der Waals surface area contributed by atoms with Crippen LogP contribution in [0.1, 0.15) is 11.1 Å². The number of imidazole rings is 1. The van der Waals surface area contributed by atoms with Crippen LogP contribution in [0.25, 0.3) is 33.5 Å². The summed E-state index contributed by atoms with van der Waals surface area (Å²) in [6.45, 7) is 4.25. The van der Waals surface area contributed by atoms with Crippen molar-refractivity contribution >= 4 is 11.0 Å². The molecule has 0 aliphatic rings. The van der Waals surface area contributed by atoms with E-state index in [1.165, 1.54) is 22.3 Å². The predicted molar refractivity (Wildman–Crippen MR) is 96.4 cm³/mol. The van der Waals surface area contributed by atoms with Crippen LogP contribution in [-0.2, 0) is 0 Å². The summed E-state index contributed by atoms with van der Waals surface area (Å²) < 4.78 is 0. The molecule has 0 aliphatic carbocycles. The van der Waals surface area contributed by atoms with Crippen LogP contribution in [0, 0.1) is 13.8 Å². The van der Waals surface area contributed by atoms with Gasteiger partial charge in [-0.3, -0.25) is 0 Å². The average Bonchev–Trinajstić information content (AvgIpc) is 2.99. The molecule has 4 aromatic rings. The minimum atomic E-state index is 0.921. The number of aromatic amines is 1.